The Labute approximate surface area is 244 Å². The van der Waals surface area contributed by atoms with E-state index in [-0.39, 0.29) is 28.2 Å². The molecule has 0 bridgehead atoms. The van der Waals surface area contributed by atoms with E-state index >= 15 is 0 Å². The molecule has 0 fully saturated rings. The fraction of sp³-hybridized carbons (Fsp3) is 0.125. The van der Waals surface area contributed by atoms with E-state index in [2.05, 4.69) is 0 Å². The van der Waals surface area contributed by atoms with Gasteiger partial charge in [0.15, 0.2) is 0 Å². The normalized spacial score (nSPS) is 15.0. The molecular formula is C32H27N5O4S. The molecule has 1 aliphatic heterocycles. The lowest BCUT2D eigenvalue weighted by Crippen LogP contribution is -2.42. The van der Waals surface area contributed by atoms with E-state index < -0.39 is 21.8 Å². The molecule has 0 aliphatic carbocycles. The second kappa shape index (κ2) is 11.4. The average molecular weight is 578 g/mol. The first-order chi connectivity index (χ1) is 20.1. The third-order valence-corrected chi connectivity index (χ3v) is 8.77. The molecule has 3 aromatic carbocycles. The van der Waals surface area contributed by atoms with Crippen LogP contribution in [0.25, 0.3) is 23.0 Å². The highest BCUT2D eigenvalue weighted by molar-refractivity contribution is 7.89. The Balaban J connectivity index is 1.69. The minimum atomic E-state index is -3.72. The first-order valence-corrected chi connectivity index (χ1v) is 14.5. The van der Waals surface area contributed by atoms with Crippen molar-refractivity contribution in [2.45, 2.75) is 18.4 Å². The van der Waals surface area contributed by atoms with Gasteiger partial charge in [0.25, 0.3) is 11.8 Å². The fourth-order valence-corrected chi connectivity index (χ4v) is 5.59. The van der Waals surface area contributed by atoms with Crippen LogP contribution in [0.1, 0.15) is 18.1 Å². The molecule has 1 aromatic heterocycles. The first-order valence-electron chi connectivity index (χ1n) is 13.0. The predicted octanol–water partition coefficient (Wildman–Crippen LogP) is 4.58. The maximum Gasteiger partial charge on any atom is 0.271 e. The lowest BCUT2D eigenvalue weighted by atomic mass is 9.93. The zero-order valence-corrected chi connectivity index (χ0v) is 24.0. The second-order valence-electron chi connectivity index (χ2n) is 9.88. The smallest absolute Gasteiger partial charge is 0.269 e. The Hall–Kier alpha value is -5.11. The van der Waals surface area contributed by atoms with Crippen molar-refractivity contribution in [3.05, 3.63) is 119 Å². The SMILES string of the molecule is CC1=C(C#N)C(=O)N(Cc2ccccc2)C(=O)/C1=C/c1cn(-c2ccccc2)nc1-c1cccc(S(=O)(=O)N(C)C)c1. The van der Waals surface area contributed by atoms with Crippen LogP contribution >= 0.6 is 0 Å². The number of aromatic nitrogens is 2. The van der Waals surface area contributed by atoms with Crippen molar-refractivity contribution in [3.8, 4) is 23.0 Å². The van der Waals surface area contributed by atoms with Crippen LogP contribution < -0.4 is 0 Å². The maximum absolute atomic E-state index is 13.8. The Morgan fingerprint density at radius 2 is 1.60 bits per heavy atom. The van der Waals surface area contributed by atoms with Gasteiger partial charge in [0, 0.05) is 37.0 Å². The summed E-state index contributed by atoms with van der Waals surface area (Å²) in [7, 11) is -0.804. The van der Waals surface area contributed by atoms with Gasteiger partial charge in [-0.3, -0.25) is 14.5 Å². The molecule has 10 heteroatoms. The Bertz CT molecular complexity index is 1900. The van der Waals surface area contributed by atoms with Crippen molar-refractivity contribution >= 4 is 27.9 Å². The third kappa shape index (κ3) is 5.31. The quantitative estimate of drug-likeness (QED) is 0.235. The summed E-state index contributed by atoms with van der Waals surface area (Å²) in [4.78, 5) is 28.1. The van der Waals surface area contributed by atoms with Gasteiger partial charge >= 0.3 is 0 Å². The number of carbonyl (C=O) groups is 2. The number of rotatable bonds is 7. The molecule has 42 heavy (non-hydrogen) atoms. The number of carbonyl (C=O) groups excluding carboxylic acids is 2. The molecule has 0 unspecified atom stereocenters. The molecule has 0 N–H and O–H groups in total. The molecule has 0 atom stereocenters. The van der Waals surface area contributed by atoms with E-state index in [0.717, 1.165) is 20.5 Å². The number of para-hydroxylation sites is 1. The number of imide groups is 1. The van der Waals surface area contributed by atoms with Crippen LogP contribution in [-0.4, -0.2) is 53.3 Å². The highest BCUT2D eigenvalue weighted by Gasteiger charge is 2.35. The highest BCUT2D eigenvalue weighted by atomic mass is 32.2. The zero-order valence-electron chi connectivity index (χ0n) is 23.2. The van der Waals surface area contributed by atoms with E-state index in [1.807, 2.05) is 54.6 Å². The number of nitrogens with zero attached hydrogens (tertiary/aromatic N) is 5. The van der Waals surface area contributed by atoms with Crippen LogP contribution in [0.2, 0.25) is 0 Å². The minimum Gasteiger partial charge on any atom is -0.269 e. The van der Waals surface area contributed by atoms with Gasteiger partial charge < -0.3 is 0 Å². The zero-order chi connectivity index (χ0) is 30.0. The number of sulfonamides is 1. The molecule has 1 aliphatic rings. The molecular weight excluding hydrogens is 550 g/mol. The van der Waals surface area contributed by atoms with Crippen molar-refractivity contribution in [3.63, 3.8) is 0 Å². The fourth-order valence-electron chi connectivity index (χ4n) is 4.64. The number of benzene rings is 3. The van der Waals surface area contributed by atoms with Gasteiger partial charge in [-0.1, -0.05) is 60.7 Å². The Kier molecular flexibility index (Phi) is 7.72. The molecule has 5 rings (SSSR count). The highest BCUT2D eigenvalue weighted by Crippen LogP contribution is 2.32. The Morgan fingerprint density at radius 1 is 0.929 bits per heavy atom. The average Bonchev–Trinajstić information content (AvgIpc) is 3.43. The summed E-state index contributed by atoms with van der Waals surface area (Å²) in [5.41, 5.74) is 3.26. The maximum atomic E-state index is 13.8. The lowest BCUT2D eigenvalue weighted by molar-refractivity contribution is -0.141. The number of hydrogen-bond acceptors (Lipinski definition) is 6. The largest absolute Gasteiger partial charge is 0.271 e. The number of nitriles is 1. The van der Waals surface area contributed by atoms with Crippen molar-refractivity contribution in [1.82, 2.24) is 19.0 Å². The van der Waals surface area contributed by atoms with Crippen molar-refractivity contribution in [2.75, 3.05) is 14.1 Å². The second-order valence-corrected chi connectivity index (χ2v) is 12.0. The topological polar surface area (TPSA) is 116 Å². The molecule has 9 nitrogen and oxygen atoms in total. The van der Waals surface area contributed by atoms with Crippen molar-refractivity contribution < 1.29 is 18.0 Å². The van der Waals surface area contributed by atoms with Crippen LogP contribution in [0.4, 0.5) is 0 Å². The molecule has 0 spiro atoms. The van der Waals surface area contributed by atoms with Crippen LogP contribution in [0.5, 0.6) is 0 Å². The summed E-state index contributed by atoms with van der Waals surface area (Å²) in [5.74, 6) is -1.19. The van der Waals surface area contributed by atoms with Gasteiger partial charge in [-0.2, -0.15) is 10.4 Å². The minimum absolute atomic E-state index is 0.00881. The Morgan fingerprint density at radius 3 is 2.24 bits per heavy atom. The van der Waals surface area contributed by atoms with Crippen molar-refractivity contribution in [2.24, 2.45) is 0 Å². The van der Waals surface area contributed by atoms with Crippen LogP contribution in [0.15, 0.2) is 113 Å². The van der Waals surface area contributed by atoms with Gasteiger partial charge in [-0.15, -0.1) is 0 Å². The van der Waals surface area contributed by atoms with E-state index in [4.69, 9.17) is 5.10 Å². The summed E-state index contributed by atoms with van der Waals surface area (Å²) in [6, 6.07) is 26.8. The van der Waals surface area contributed by atoms with Crippen LogP contribution in [-0.2, 0) is 26.2 Å². The number of hydrogen-bond donors (Lipinski definition) is 0. The van der Waals surface area contributed by atoms with Gasteiger partial charge in [-0.05, 0) is 48.4 Å². The molecule has 0 saturated carbocycles. The molecule has 0 radical (unpaired) electrons. The van der Waals surface area contributed by atoms with Crippen molar-refractivity contribution in [1.29, 1.82) is 5.26 Å². The molecule has 4 aromatic rings. The van der Waals surface area contributed by atoms with Gasteiger partial charge in [-0.25, -0.2) is 17.4 Å². The lowest BCUT2D eigenvalue weighted by Gasteiger charge is -2.27. The third-order valence-electron chi connectivity index (χ3n) is 6.96. The summed E-state index contributed by atoms with van der Waals surface area (Å²) in [6.45, 7) is 1.58. The summed E-state index contributed by atoms with van der Waals surface area (Å²) in [6.07, 6.45) is 3.34. The molecule has 0 saturated heterocycles. The predicted molar refractivity (Wildman–Crippen MR) is 158 cm³/mol. The monoisotopic (exact) mass is 577 g/mol. The van der Waals surface area contributed by atoms with E-state index in [0.29, 0.717) is 16.8 Å². The number of amides is 2. The molecule has 2 heterocycles. The van der Waals surface area contributed by atoms with E-state index in [1.54, 1.807) is 48.1 Å². The van der Waals surface area contributed by atoms with Gasteiger partial charge in [0.05, 0.1) is 17.1 Å². The summed E-state index contributed by atoms with van der Waals surface area (Å²) in [5, 5.41) is 14.6. The molecule has 2 amide bonds. The van der Waals surface area contributed by atoms with Crippen LogP contribution in [0, 0.1) is 11.3 Å². The summed E-state index contributed by atoms with van der Waals surface area (Å²) < 4.78 is 28.5. The van der Waals surface area contributed by atoms with Crippen LogP contribution in [0.3, 0.4) is 0 Å². The van der Waals surface area contributed by atoms with E-state index in [9.17, 15) is 23.3 Å². The first kappa shape index (κ1) is 28.4. The van der Waals surface area contributed by atoms with Gasteiger partial charge in [0.1, 0.15) is 17.3 Å². The standard InChI is InChI=1S/C32H27N5O4S/c1-22-28(31(38)36(32(39)29(22)19-33)20-23-11-6-4-7-12-23)18-25-21-37(26-14-8-5-9-15-26)34-30(25)24-13-10-16-27(17-24)42(40,41)35(2)3/h4-18,21H,20H2,1-3H3/b28-18+. The van der Waals surface area contributed by atoms with Gasteiger partial charge in [0.2, 0.25) is 10.0 Å². The van der Waals surface area contributed by atoms with E-state index in [1.165, 1.54) is 26.2 Å². The molecule has 210 valence electrons. The summed E-state index contributed by atoms with van der Waals surface area (Å²) >= 11 is 0.